The highest BCUT2D eigenvalue weighted by Gasteiger charge is 2.72. The van der Waals surface area contributed by atoms with Crippen LogP contribution in [0, 0.1) is 16.2 Å². The minimum atomic E-state index is -0.507. The summed E-state index contributed by atoms with van der Waals surface area (Å²) >= 11 is 0. The molecule has 2 aliphatic rings. The molecule has 2 saturated carbocycles. The molecule has 0 aromatic rings. The maximum atomic E-state index is 12.5. The van der Waals surface area contributed by atoms with Gasteiger partial charge in [-0.2, -0.15) is 0 Å². The Bertz CT molecular complexity index is 391. The molecule has 4 nitrogen and oxygen atoms in total. The molecular weight excluding hydrogens is 230 g/mol. The number of carbonyl (C=O) groups is 2. The van der Waals surface area contributed by atoms with Crippen molar-refractivity contribution in [3.8, 4) is 0 Å². The molecule has 2 bridgehead atoms. The molecule has 2 rings (SSSR count). The monoisotopic (exact) mass is 253 g/mol. The number of fused-ring (bicyclic) bond motifs is 2. The summed E-state index contributed by atoms with van der Waals surface area (Å²) in [5.41, 5.74) is -1.09. The molecule has 1 N–H and O–H groups in total. The van der Waals surface area contributed by atoms with Gasteiger partial charge >= 0.3 is 0 Å². The molecule has 102 valence electrons. The van der Waals surface area contributed by atoms with Gasteiger partial charge in [-0.05, 0) is 18.3 Å². The minimum Gasteiger partial charge on any atom is -0.383 e. The second-order valence-electron chi connectivity index (χ2n) is 6.39. The van der Waals surface area contributed by atoms with Gasteiger partial charge < -0.3 is 10.1 Å². The molecule has 0 saturated heterocycles. The van der Waals surface area contributed by atoms with Crippen molar-refractivity contribution in [3.05, 3.63) is 0 Å². The van der Waals surface area contributed by atoms with E-state index < -0.39 is 5.41 Å². The third-order valence-electron chi connectivity index (χ3n) is 5.73. The Morgan fingerprint density at radius 2 is 2.00 bits per heavy atom. The highest BCUT2D eigenvalue weighted by atomic mass is 16.5. The zero-order valence-electron chi connectivity index (χ0n) is 11.8. The van der Waals surface area contributed by atoms with Gasteiger partial charge in [-0.25, -0.2) is 0 Å². The summed E-state index contributed by atoms with van der Waals surface area (Å²) in [6.07, 6.45) is 2.05. The molecule has 2 unspecified atom stereocenters. The number of methoxy groups -OCH3 is 1. The molecule has 0 spiro atoms. The number of ether oxygens (including phenoxy) is 1. The fourth-order valence-electron chi connectivity index (χ4n) is 3.80. The number of ketones is 1. The van der Waals surface area contributed by atoms with Gasteiger partial charge in [0.2, 0.25) is 5.91 Å². The Hall–Kier alpha value is -0.900. The van der Waals surface area contributed by atoms with Crippen LogP contribution in [0.2, 0.25) is 0 Å². The first-order valence-electron chi connectivity index (χ1n) is 6.62. The Labute approximate surface area is 108 Å². The first-order valence-corrected chi connectivity index (χ1v) is 6.62. The van der Waals surface area contributed by atoms with Crippen LogP contribution in [0.3, 0.4) is 0 Å². The van der Waals surface area contributed by atoms with Crippen LogP contribution < -0.4 is 5.32 Å². The zero-order chi connectivity index (χ0) is 13.6. The van der Waals surface area contributed by atoms with Crippen molar-refractivity contribution < 1.29 is 14.3 Å². The van der Waals surface area contributed by atoms with Gasteiger partial charge in [0.15, 0.2) is 0 Å². The van der Waals surface area contributed by atoms with E-state index in [1.165, 1.54) is 0 Å². The first kappa shape index (κ1) is 13.5. The summed E-state index contributed by atoms with van der Waals surface area (Å²) in [7, 11) is 1.61. The first-order chi connectivity index (χ1) is 8.32. The van der Waals surface area contributed by atoms with E-state index in [0.717, 1.165) is 12.8 Å². The lowest BCUT2D eigenvalue weighted by Crippen LogP contribution is -2.47. The van der Waals surface area contributed by atoms with Crippen LogP contribution in [-0.2, 0) is 14.3 Å². The van der Waals surface area contributed by atoms with Crippen LogP contribution >= 0.6 is 0 Å². The van der Waals surface area contributed by atoms with Crippen LogP contribution in [0.4, 0.5) is 0 Å². The molecule has 0 aromatic carbocycles. The summed E-state index contributed by atoms with van der Waals surface area (Å²) < 4.78 is 4.94. The number of carbonyl (C=O) groups excluding carboxylic acids is 2. The van der Waals surface area contributed by atoms with Gasteiger partial charge in [-0.1, -0.05) is 20.8 Å². The highest BCUT2D eigenvalue weighted by Crippen LogP contribution is 2.70. The van der Waals surface area contributed by atoms with Crippen LogP contribution in [0.1, 0.15) is 40.0 Å². The van der Waals surface area contributed by atoms with Gasteiger partial charge in [0.05, 0.1) is 12.0 Å². The van der Waals surface area contributed by atoms with Gasteiger partial charge in [0, 0.05) is 25.5 Å². The number of rotatable bonds is 4. The quantitative estimate of drug-likeness (QED) is 0.773. The molecule has 0 aliphatic heterocycles. The predicted molar refractivity (Wildman–Crippen MR) is 68.1 cm³/mol. The Kier molecular flexibility index (Phi) is 3.05. The second-order valence-corrected chi connectivity index (χ2v) is 6.39. The maximum absolute atomic E-state index is 12.5. The molecule has 4 heteroatoms. The van der Waals surface area contributed by atoms with E-state index in [1.807, 2.05) is 6.92 Å². The van der Waals surface area contributed by atoms with Crippen molar-refractivity contribution in [1.29, 1.82) is 0 Å². The summed E-state index contributed by atoms with van der Waals surface area (Å²) in [4.78, 5) is 24.7. The lowest BCUT2D eigenvalue weighted by atomic mass is 9.64. The SMILES string of the molecule is COCCNC(=O)C12CCC(C)(C(=O)C1)C2(C)C. The number of amides is 1. The zero-order valence-corrected chi connectivity index (χ0v) is 11.8. The van der Waals surface area contributed by atoms with Crippen LogP contribution in [0.25, 0.3) is 0 Å². The number of Topliss-reactive ketones (excluding diaryl/α,β-unsaturated/α-hetero) is 1. The third kappa shape index (κ3) is 1.41. The Morgan fingerprint density at radius 3 is 2.44 bits per heavy atom. The number of nitrogens with one attached hydrogen (secondary N) is 1. The summed E-state index contributed by atoms with van der Waals surface area (Å²) in [5.74, 6) is 0.278. The third-order valence-corrected chi connectivity index (χ3v) is 5.73. The van der Waals surface area contributed by atoms with E-state index >= 15 is 0 Å². The van der Waals surface area contributed by atoms with Gasteiger partial charge in [0.25, 0.3) is 0 Å². The number of hydrogen-bond donors (Lipinski definition) is 1. The van der Waals surface area contributed by atoms with E-state index in [0.29, 0.717) is 19.6 Å². The van der Waals surface area contributed by atoms with Gasteiger partial charge in [-0.3, -0.25) is 9.59 Å². The molecule has 18 heavy (non-hydrogen) atoms. The van der Waals surface area contributed by atoms with E-state index in [4.69, 9.17) is 4.74 Å². The normalized spacial score (nSPS) is 37.0. The molecule has 2 fully saturated rings. The standard InChI is InChI=1S/C14H23NO3/c1-12(2)13(3)5-6-14(12,9-10(13)16)11(17)15-7-8-18-4/h5-9H2,1-4H3,(H,15,17). The smallest absolute Gasteiger partial charge is 0.227 e. The summed E-state index contributed by atoms with van der Waals surface area (Å²) in [6.45, 7) is 7.18. The molecule has 2 atom stereocenters. The fraction of sp³-hybridized carbons (Fsp3) is 0.857. The van der Waals surface area contributed by atoms with Crippen molar-refractivity contribution in [2.75, 3.05) is 20.3 Å². The van der Waals surface area contributed by atoms with Crippen LogP contribution in [0.15, 0.2) is 0 Å². The lowest BCUT2D eigenvalue weighted by Gasteiger charge is -2.38. The van der Waals surface area contributed by atoms with Gasteiger partial charge in [-0.15, -0.1) is 0 Å². The molecule has 0 aromatic heterocycles. The summed E-state index contributed by atoms with van der Waals surface area (Å²) in [6, 6.07) is 0. The lowest BCUT2D eigenvalue weighted by molar-refractivity contribution is -0.136. The van der Waals surface area contributed by atoms with Gasteiger partial charge in [0.1, 0.15) is 5.78 Å². The average Bonchev–Trinajstić information content (AvgIpc) is 2.59. The average molecular weight is 253 g/mol. The summed E-state index contributed by atoms with van der Waals surface area (Å²) in [5, 5.41) is 2.92. The predicted octanol–water partition coefficient (Wildman–Crippen LogP) is 1.53. The van der Waals surface area contributed by atoms with E-state index in [9.17, 15) is 9.59 Å². The number of hydrogen-bond acceptors (Lipinski definition) is 3. The van der Waals surface area contributed by atoms with Crippen LogP contribution in [-0.4, -0.2) is 32.0 Å². The van der Waals surface area contributed by atoms with Crippen molar-refractivity contribution in [3.63, 3.8) is 0 Å². The topological polar surface area (TPSA) is 55.4 Å². The Morgan fingerprint density at radius 1 is 1.33 bits per heavy atom. The van der Waals surface area contributed by atoms with Crippen molar-refractivity contribution >= 4 is 11.7 Å². The maximum Gasteiger partial charge on any atom is 0.227 e. The van der Waals surface area contributed by atoms with Crippen LogP contribution in [0.5, 0.6) is 0 Å². The largest absolute Gasteiger partial charge is 0.383 e. The minimum absolute atomic E-state index is 0.0270. The molecule has 1 amide bonds. The van der Waals surface area contributed by atoms with Crippen molar-refractivity contribution in [2.45, 2.75) is 40.0 Å². The Balaban J connectivity index is 2.22. The van der Waals surface area contributed by atoms with Crippen molar-refractivity contribution in [1.82, 2.24) is 5.32 Å². The van der Waals surface area contributed by atoms with E-state index in [-0.39, 0.29) is 22.5 Å². The molecule has 2 aliphatic carbocycles. The fourth-order valence-corrected chi connectivity index (χ4v) is 3.80. The van der Waals surface area contributed by atoms with E-state index in [2.05, 4.69) is 19.2 Å². The molecule has 0 heterocycles. The highest BCUT2D eigenvalue weighted by molar-refractivity contribution is 5.99. The van der Waals surface area contributed by atoms with Crippen molar-refractivity contribution in [2.24, 2.45) is 16.2 Å². The molecular formula is C14H23NO3. The second kappa shape index (κ2) is 4.05. The van der Waals surface area contributed by atoms with E-state index in [1.54, 1.807) is 7.11 Å². The molecule has 0 radical (unpaired) electrons.